The molecule has 2 aromatic rings. The van der Waals surface area contributed by atoms with Crippen LogP contribution in [-0.2, 0) is 16.1 Å². The van der Waals surface area contributed by atoms with Gasteiger partial charge in [-0.3, -0.25) is 9.59 Å². The van der Waals surface area contributed by atoms with E-state index in [9.17, 15) is 14.0 Å². The van der Waals surface area contributed by atoms with Gasteiger partial charge in [0.1, 0.15) is 5.82 Å². The molecule has 138 valence electrons. The van der Waals surface area contributed by atoms with E-state index in [2.05, 4.69) is 0 Å². The van der Waals surface area contributed by atoms with Crippen LogP contribution in [0.2, 0.25) is 0 Å². The number of amides is 2. The number of nitrogens with zero attached hydrogens (tertiary/aromatic N) is 2. The van der Waals surface area contributed by atoms with E-state index in [1.165, 1.54) is 30.0 Å². The molecule has 4 rings (SSSR count). The van der Waals surface area contributed by atoms with Crippen LogP contribution in [0.1, 0.15) is 18.4 Å². The Kier molecular flexibility index (Phi) is 4.99. The monoisotopic (exact) mass is 382 g/mol. The summed E-state index contributed by atoms with van der Waals surface area (Å²) in [6.45, 7) is 1.82. The zero-order valence-electron chi connectivity index (χ0n) is 14.7. The number of rotatable bonds is 3. The summed E-state index contributed by atoms with van der Waals surface area (Å²) in [7, 11) is 0. The zero-order valence-corrected chi connectivity index (χ0v) is 15.5. The molecule has 2 aromatic carbocycles. The van der Waals surface area contributed by atoms with E-state index < -0.39 is 0 Å². The minimum Gasteiger partial charge on any atom is -0.339 e. The maximum Gasteiger partial charge on any atom is 0.265 e. The number of hydrogen-bond donors (Lipinski definition) is 0. The van der Waals surface area contributed by atoms with E-state index in [0.29, 0.717) is 11.4 Å². The summed E-state index contributed by atoms with van der Waals surface area (Å²) in [6, 6.07) is 13.8. The SMILES string of the molecule is O=C(C=C1Sc2ccccc2N(Cc2ccc(F)cc2)C1=O)N1CCCC1. The molecule has 6 heteroatoms. The van der Waals surface area contributed by atoms with Gasteiger partial charge in [-0.25, -0.2) is 4.39 Å². The highest BCUT2D eigenvalue weighted by atomic mass is 32.2. The lowest BCUT2D eigenvalue weighted by atomic mass is 10.1. The Labute approximate surface area is 161 Å². The van der Waals surface area contributed by atoms with Crippen LogP contribution in [0.15, 0.2) is 64.4 Å². The second kappa shape index (κ2) is 7.56. The van der Waals surface area contributed by atoms with Crippen molar-refractivity contribution in [1.82, 2.24) is 4.90 Å². The lowest BCUT2D eigenvalue weighted by molar-refractivity contribution is -0.125. The smallest absolute Gasteiger partial charge is 0.265 e. The van der Waals surface area contributed by atoms with E-state index >= 15 is 0 Å². The quantitative estimate of drug-likeness (QED) is 0.754. The lowest BCUT2D eigenvalue weighted by Gasteiger charge is -2.30. The molecule has 0 spiro atoms. The average Bonchev–Trinajstić information content (AvgIpc) is 3.21. The van der Waals surface area contributed by atoms with Crippen molar-refractivity contribution in [2.75, 3.05) is 18.0 Å². The van der Waals surface area contributed by atoms with Gasteiger partial charge in [-0.1, -0.05) is 36.0 Å². The van der Waals surface area contributed by atoms with Gasteiger partial charge in [-0.05, 0) is 42.7 Å². The summed E-state index contributed by atoms with van der Waals surface area (Å²) in [5, 5.41) is 0. The fraction of sp³-hybridized carbons (Fsp3) is 0.238. The molecule has 0 unspecified atom stereocenters. The first-order valence-electron chi connectivity index (χ1n) is 8.95. The number of benzene rings is 2. The maximum atomic E-state index is 13.2. The van der Waals surface area contributed by atoms with Crippen LogP contribution in [0, 0.1) is 5.82 Å². The molecule has 4 nitrogen and oxygen atoms in total. The van der Waals surface area contributed by atoms with E-state index in [0.717, 1.165) is 42.1 Å². The van der Waals surface area contributed by atoms with Crippen molar-refractivity contribution < 1.29 is 14.0 Å². The molecule has 0 saturated carbocycles. The van der Waals surface area contributed by atoms with Crippen molar-refractivity contribution in [3.8, 4) is 0 Å². The second-order valence-electron chi connectivity index (χ2n) is 6.63. The minimum absolute atomic E-state index is 0.107. The van der Waals surface area contributed by atoms with Crippen LogP contribution < -0.4 is 4.90 Å². The van der Waals surface area contributed by atoms with Crippen LogP contribution in [0.4, 0.5) is 10.1 Å². The van der Waals surface area contributed by atoms with E-state index in [1.807, 2.05) is 24.3 Å². The van der Waals surface area contributed by atoms with E-state index in [1.54, 1.807) is 21.9 Å². The summed E-state index contributed by atoms with van der Waals surface area (Å²) in [5.41, 5.74) is 1.64. The molecule has 0 N–H and O–H groups in total. The number of hydrogen-bond acceptors (Lipinski definition) is 3. The Hall–Kier alpha value is -2.60. The number of thioether (sulfide) groups is 1. The molecule has 2 aliphatic heterocycles. The molecular weight excluding hydrogens is 363 g/mol. The highest BCUT2D eigenvalue weighted by Gasteiger charge is 2.30. The van der Waals surface area contributed by atoms with Gasteiger partial charge in [0, 0.05) is 24.1 Å². The Balaban J connectivity index is 1.65. The number of halogens is 1. The number of likely N-dealkylation sites (tertiary alicyclic amines) is 1. The highest BCUT2D eigenvalue weighted by Crippen LogP contribution is 2.42. The number of anilines is 1. The van der Waals surface area contributed by atoms with E-state index in [4.69, 9.17) is 0 Å². The third-order valence-corrected chi connectivity index (χ3v) is 5.84. The summed E-state index contributed by atoms with van der Waals surface area (Å²) in [5.74, 6) is -0.614. The Morgan fingerprint density at radius 1 is 1.07 bits per heavy atom. The van der Waals surface area contributed by atoms with Gasteiger partial charge in [0.05, 0.1) is 17.1 Å². The molecule has 0 aromatic heterocycles. The van der Waals surface area contributed by atoms with Crippen molar-refractivity contribution in [3.05, 3.63) is 70.9 Å². The highest BCUT2D eigenvalue weighted by molar-refractivity contribution is 8.04. The Morgan fingerprint density at radius 3 is 2.52 bits per heavy atom. The predicted molar refractivity (Wildman–Crippen MR) is 104 cm³/mol. The largest absolute Gasteiger partial charge is 0.339 e. The van der Waals surface area contributed by atoms with Crippen molar-refractivity contribution in [3.63, 3.8) is 0 Å². The van der Waals surface area contributed by atoms with Gasteiger partial charge in [0.2, 0.25) is 5.91 Å². The summed E-state index contributed by atoms with van der Waals surface area (Å²) >= 11 is 1.33. The first-order valence-corrected chi connectivity index (χ1v) is 9.77. The lowest BCUT2D eigenvalue weighted by Crippen LogP contribution is -2.35. The molecule has 2 amide bonds. The van der Waals surface area contributed by atoms with Gasteiger partial charge in [-0.2, -0.15) is 0 Å². The summed E-state index contributed by atoms with van der Waals surface area (Å²) in [6.07, 6.45) is 3.48. The topological polar surface area (TPSA) is 40.6 Å². The van der Waals surface area contributed by atoms with Gasteiger partial charge < -0.3 is 9.80 Å². The molecule has 0 atom stereocenters. The normalized spacial score (nSPS) is 18.1. The fourth-order valence-electron chi connectivity index (χ4n) is 3.33. The first kappa shape index (κ1) is 17.8. The standard InChI is InChI=1S/C21H19FN2O2S/c22-16-9-7-15(8-10-16)14-24-17-5-1-2-6-18(17)27-19(21(24)26)13-20(25)23-11-3-4-12-23/h1-2,5-10,13H,3-4,11-12,14H2. The minimum atomic E-state index is -0.309. The number of fused-ring (bicyclic) bond motifs is 1. The van der Waals surface area contributed by atoms with Gasteiger partial charge in [-0.15, -0.1) is 0 Å². The molecule has 27 heavy (non-hydrogen) atoms. The molecule has 0 radical (unpaired) electrons. The molecule has 0 bridgehead atoms. The van der Waals surface area contributed by atoms with Crippen LogP contribution in [0.5, 0.6) is 0 Å². The third kappa shape index (κ3) is 3.76. The zero-order chi connectivity index (χ0) is 18.8. The van der Waals surface area contributed by atoms with Crippen molar-refractivity contribution in [2.24, 2.45) is 0 Å². The predicted octanol–water partition coefficient (Wildman–Crippen LogP) is 3.97. The Bertz CT molecular complexity index is 905. The number of para-hydroxylation sites is 1. The van der Waals surface area contributed by atoms with Gasteiger partial charge >= 0.3 is 0 Å². The van der Waals surface area contributed by atoms with Crippen LogP contribution in [0.25, 0.3) is 0 Å². The van der Waals surface area contributed by atoms with E-state index in [-0.39, 0.29) is 17.6 Å². The molecule has 2 aliphatic rings. The maximum absolute atomic E-state index is 13.2. The molecular formula is C21H19FN2O2S. The first-order chi connectivity index (χ1) is 13.1. The number of carbonyl (C=O) groups is 2. The van der Waals surface area contributed by atoms with Crippen LogP contribution in [-0.4, -0.2) is 29.8 Å². The second-order valence-corrected chi connectivity index (χ2v) is 7.71. The molecule has 1 saturated heterocycles. The van der Waals surface area contributed by atoms with Crippen LogP contribution in [0.3, 0.4) is 0 Å². The average molecular weight is 382 g/mol. The number of carbonyl (C=O) groups excluding carboxylic acids is 2. The third-order valence-electron chi connectivity index (χ3n) is 4.76. The molecule has 1 fully saturated rings. The fourth-order valence-corrected chi connectivity index (χ4v) is 4.36. The van der Waals surface area contributed by atoms with Crippen molar-refractivity contribution in [1.29, 1.82) is 0 Å². The summed E-state index contributed by atoms with van der Waals surface area (Å²) < 4.78 is 13.2. The van der Waals surface area contributed by atoms with Crippen molar-refractivity contribution in [2.45, 2.75) is 24.3 Å². The molecule has 2 heterocycles. The Morgan fingerprint density at radius 2 is 1.78 bits per heavy atom. The van der Waals surface area contributed by atoms with Gasteiger partial charge in [0.15, 0.2) is 0 Å². The summed E-state index contributed by atoms with van der Waals surface area (Å²) in [4.78, 5) is 30.4. The van der Waals surface area contributed by atoms with Crippen molar-refractivity contribution >= 4 is 29.3 Å². The van der Waals surface area contributed by atoms with Crippen LogP contribution >= 0.6 is 11.8 Å². The molecule has 0 aliphatic carbocycles. The van der Waals surface area contributed by atoms with Gasteiger partial charge in [0.25, 0.3) is 5.91 Å².